The van der Waals surface area contributed by atoms with E-state index in [-0.39, 0.29) is 0 Å². The molecule has 0 aliphatic rings. The number of hydrogen-bond donors (Lipinski definition) is 0. The van der Waals surface area contributed by atoms with Crippen molar-refractivity contribution in [2.75, 3.05) is 0 Å². The van der Waals surface area contributed by atoms with Gasteiger partial charge >= 0.3 is 0 Å². The van der Waals surface area contributed by atoms with Crippen molar-refractivity contribution in [3.63, 3.8) is 0 Å². The summed E-state index contributed by atoms with van der Waals surface area (Å²) in [6, 6.07) is 7.90. The summed E-state index contributed by atoms with van der Waals surface area (Å²) in [5.41, 5.74) is 0.754. The third-order valence-corrected chi connectivity index (χ3v) is 2.82. The molecule has 2 aromatic rings. The van der Waals surface area contributed by atoms with E-state index in [4.69, 9.17) is 0 Å². The van der Waals surface area contributed by atoms with Gasteiger partial charge in [0.15, 0.2) is 0 Å². The van der Waals surface area contributed by atoms with Crippen LogP contribution in [0.2, 0.25) is 0 Å². The Kier molecular flexibility index (Phi) is 1.70. The highest BCUT2D eigenvalue weighted by molar-refractivity contribution is 7.19. The largest absolute Gasteiger partial charge is 0.298 e. The third kappa shape index (κ3) is 1.14. The maximum atomic E-state index is 10.5. The van der Waals surface area contributed by atoms with Gasteiger partial charge in [-0.15, -0.1) is 11.3 Å². The smallest absolute Gasteiger partial charge is 0.150 e. The lowest BCUT2D eigenvalue weighted by Crippen LogP contribution is -1.75. The first-order valence-electron chi connectivity index (χ1n) is 3.75. The van der Waals surface area contributed by atoms with Crippen LogP contribution in [-0.2, 0) is 0 Å². The molecule has 0 unspecified atom stereocenters. The van der Waals surface area contributed by atoms with E-state index in [0.717, 1.165) is 11.8 Å². The van der Waals surface area contributed by atoms with Crippen molar-refractivity contribution in [3.8, 4) is 0 Å². The maximum Gasteiger partial charge on any atom is 0.150 e. The van der Waals surface area contributed by atoms with Gasteiger partial charge in [0.1, 0.15) is 6.29 Å². The molecule has 60 valence electrons. The number of carbonyl (C=O) groups is 1. The molecule has 0 aliphatic carbocycles. The highest BCUT2D eigenvalue weighted by Crippen LogP contribution is 2.25. The van der Waals surface area contributed by atoms with Gasteiger partial charge in [-0.05, 0) is 24.4 Å². The van der Waals surface area contributed by atoms with Crippen LogP contribution < -0.4 is 0 Å². The number of aryl methyl sites for hydroxylation is 1. The van der Waals surface area contributed by atoms with Crippen molar-refractivity contribution in [2.45, 2.75) is 6.92 Å². The Morgan fingerprint density at radius 1 is 1.33 bits per heavy atom. The molecule has 1 aromatic carbocycles. The second-order valence-electron chi connectivity index (χ2n) is 2.77. The highest BCUT2D eigenvalue weighted by atomic mass is 32.1. The van der Waals surface area contributed by atoms with E-state index in [9.17, 15) is 4.79 Å². The molecule has 0 radical (unpaired) electrons. The number of carbonyl (C=O) groups excluding carboxylic acids is 1. The number of rotatable bonds is 1. The van der Waals surface area contributed by atoms with Crippen LogP contribution in [0.4, 0.5) is 0 Å². The topological polar surface area (TPSA) is 17.1 Å². The highest BCUT2D eigenvalue weighted by Gasteiger charge is 1.98. The van der Waals surface area contributed by atoms with Crippen LogP contribution in [0.5, 0.6) is 0 Å². The lowest BCUT2D eigenvalue weighted by atomic mass is 10.2. The molecule has 0 amide bonds. The molecule has 0 aliphatic heterocycles. The Bertz CT molecular complexity index is 428. The van der Waals surface area contributed by atoms with Gasteiger partial charge < -0.3 is 0 Å². The summed E-state index contributed by atoms with van der Waals surface area (Å²) >= 11 is 1.72. The molecule has 12 heavy (non-hydrogen) atoms. The Hall–Kier alpha value is -1.15. The van der Waals surface area contributed by atoms with Crippen LogP contribution in [0.1, 0.15) is 15.2 Å². The van der Waals surface area contributed by atoms with Crippen molar-refractivity contribution >= 4 is 27.7 Å². The number of fused-ring (bicyclic) bond motifs is 1. The van der Waals surface area contributed by atoms with E-state index in [1.807, 2.05) is 18.2 Å². The van der Waals surface area contributed by atoms with Gasteiger partial charge in [-0.1, -0.05) is 12.1 Å². The normalized spacial score (nSPS) is 10.4. The Balaban J connectivity index is 2.74. The summed E-state index contributed by atoms with van der Waals surface area (Å²) in [6.07, 6.45) is 0.883. The first-order chi connectivity index (χ1) is 5.79. The van der Waals surface area contributed by atoms with Gasteiger partial charge in [-0.3, -0.25) is 4.79 Å². The van der Waals surface area contributed by atoms with E-state index in [1.54, 1.807) is 11.3 Å². The summed E-state index contributed by atoms with van der Waals surface area (Å²) in [6.45, 7) is 2.07. The molecule has 0 bridgehead atoms. The Morgan fingerprint density at radius 2 is 2.17 bits per heavy atom. The fraction of sp³-hybridized carbons (Fsp3) is 0.100. The molecule has 0 spiro atoms. The summed E-state index contributed by atoms with van der Waals surface area (Å²) < 4.78 is 1.19. The van der Waals surface area contributed by atoms with Gasteiger partial charge in [0.25, 0.3) is 0 Å². The molecule has 0 saturated carbocycles. The minimum Gasteiger partial charge on any atom is -0.298 e. The average molecular weight is 176 g/mol. The molecule has 1 nitrogen and oxygen atoms in total. The zero-order chi connectivity index (χ0) is 8.55. The summed E-state index contributed by atoms with van der Waals surface area (Å²) in [5, 5.41) is 1.23. The summed E-state index contributed by atoms with van der Waals surface area (Å²) in [5.74, 6) is 0. The van der Waals surface area contributed by atoms with Crippen LogP contribution in [0.25, 0.3) is 10.1 Å². The maximum absolute atomic E-state index is 10.5. The number of hydrogen-bond acceptors (Lipinski definition) is 2. The van der Waals surface area contributed by atoms with Gasteiger partial charge in [0, 0.05) is 15.1 Å². The molecular weight excluding hydrogens is 168 g/mol. The van der Waals surface area contributed by atoms with Crippen LogP contribution in [-0.4, -0.2) is 6.29 Å². The second-order valence-corrected chi connectivity index (χ2v) is 4.06. The molecule has 1 aromatic heterocycles. The van der Waals surface area contributed by atoms with E-state index in [2.05, 4.69) is 13.0 Å². The van der Waals surface area contributed by atoms with Crippen LogP contribution >= 0.6 is 11.3 Å². The summed E-state index contributed by atoms with van der Waals surface area (Å²) in [7, 11) is 0. The van der Waals surface area contributed by atoms with Crippen molar-refractivity contribution in [1.29, 1.82) is 0 Å². The molecule has 0 saturated heterocycles. The fourth-order valence-electron chi connectivity index (χ4n) is 1.25. The Labute approximate surface area is 74.6 Å². The number of aldehydes is 1. The van der Waals surface area contributed by atoms with E-state index in [1.165, 1.54) is 15.0 Å². The lowest BCUT2D eigenvalue weighted by Gasteiger charge is -1.89. The van der Waals surface area contributed by atoms with Crippen LogP contribution in [0.3, 0.4) is 0 Å². The minimum atomic E-state index is 0.754. The average Bonchev–Trinajstić information content (AvgIpc) is 2.43. The predicted molar refractivity (Wildman–Crippen MR) is 51.9 cm³/mol. The molecule has 0 N–H and O–H groups in total. The summed E-state index contributed by atoms with van der Waals surface area (Å²) in [4.78, 5) is 11.7. The van der Waals surface area contributed by atoms with E-state index >= 15 is 0 Å². The van der Waals surface area contributed by atoms with Crippen molar-refractivity contribution in [2.24, 2.45) is 0 Å². The SMILES string of the molecule is Cc1cc2ccc(C=O)cc2s1. The zero-order valence-corrected chi connectivity index (χ0v) is 7.52. The third-order valence-electron chi connectivity index (χ3n) is 1.80. The monoisotopic (exact) mass is 176 g/mol. The van der Waals surface area contributed by atoms with Gasteiger partial charge in [0.2, 0.25) is 0 Å². The predicted octanol–water partition coefficient (Wildman–Crippen LogP) is 3.02. The second kappa shape index (κ2) is 2.72. The Morgan fingerprint density at radius 3 is 2.92 bits per heavy atom. The van der Waals surface area contributed by atoms with E-state index in [0.29, 0.717) is 0 Å². The van der Waals surface area contributed by atoms with Gasteiger partial charge in [0.05, 0.1) is 0 Å². The first kappa shape index (κ1) is 7.50. The van der Waals surface area contributed by atoms with Crippen LogP contribution in [0, 0.1) is 6.92 Å². The van der Waals surface area contributed by atoms with Crippen molar-refractivity contribution in [1.82, 2.24) is 0 Å². The van der Waals surface area contributed by atoms with Crippen molar-refractivity contribution in [3.05, 3.63) is 34.7 Å². The lowest BCUT2D eigenvalue weighted by molar-refractivity contribution is 0.112. The molecule has 1 heterocycles. The quantitative estimate of drug-likeness (QED) is 0.610. The van der Waals surface area contributed by atoms with Gasteiger partial charge in [-0.2, -0.15) is 0 Å². The molecule has 2 rings (SSSR count). The molecule has 0 fully saturated rings. The fourth-order valence-corrected chi connectivity index (χ4v) is 2.23. The first-order valence-corrected chi connectivity index (χ1v) is 4.56. The standard InChI is InChI=1S/C10H8OS/c1-7-4-9-3-2-8(6-11)5-10(9)12-7/h2-6H,1H3. The molecule has 0 atom stereocenters. The van der Waals surface area contributed by atoms with Crippen LogP contribution in [0.15, 0.2) is 24.3 Å². The minimum absolute atomic E-state index is 0.754. The number of thiophene rings is 1. The molecule has 2 heteroatoms. The van der Waals surface area contributed by atoms with Crippen molar-refractivity contribution < 1.29 is 4.79 Å². The van der Waals surface area contributed by atoms with Gasteiger partial charge in [-0.25, -0.2) is 0 Å². The molecular formula is C10H8OS. The number of benzene rings is 1. The zero-order valence-electron chi connectivity index (χ0n) is 6.70. The van der Waals surface area contributed by atoms with E-state index < -0.39 is 0 Å².